The van der Waals surface area contributed by atoms with Crippen LogP contribution < -0.4 is 10.5 Å². The molecule has 5 nitrogen and oxygen atoms in total. The summed E-state index contributed by atoms with van der Waals surface area (Å²) in [4.78, 5) is 13.4. The number of aliphatic hydroxyl groups is 1. The highest BCUT2D eigenvalue weighted by Gasteiger charge is 2.17. The fraction of sp³-hybridized carbons (Fsp3) is 0.364. The van der Waals surface area contributed by atoms with Crippen LogP contribution in [0.2, 0.25) is 0 Å². The van der Waals surface area contributed by atoms with Crippen LogP contribution in [0.3, 0.4) is 0 Å². The van der Waals surface area contributed by atoms with Gasteiger partial charge in [-0.2, -0.15) is 0 Å². The zero-order valence-electron chi connectivity index (χ0n) is 9.43. The van der Waals surface area contributed by atoms with Crippen molar-refractivity contribution in [1.82, 2.24) is 4.90 Å². The Morgan fingerprint density at radius 2 is 2.25 bits per heavy atom. The number of para-hydroxylation sites is 1. The average Bonchev–Trinajstić information content (AvgIpc) is 2.28. The van der Waals surface area contributed by atoms with Gasteiger partial charge in [-0.3, -0.25) is 4.79 Å². The van der Waals surface area contributed by atoms with Crippen LogP contribution in [0.1, 0.15) is 10.4 Å². The Balaban J connectivity index is 3.03. The van der Waals surface area contributed by atoms with Gasteiger partial charge in [0, 0.05) is 13.6 Å². The molecule has 0 radical (unpaired) electrons. The normalized spacial score (nSPS) is 9.94. The van der Waals surface area contributed by atoms with Crippen molar-refractivity contribution >= 4 is 11.6 Å². The smallest absolute Gasteiger partial charge is 0.257 e. The molecule has 0 heterocycles. The number of hydrogen-bond donors (Lipinski definition) is 2. The highest BCUT2D eigenvalue weighted by Crippen LogP contribution is 2.26. The van der Waals surface area contributed by atoms with Crippen molar-refractivity contribution in [3.8, 4) is 5.75 Å². The van der Waals surface area contributed by atoms with E-state index in [-0.39, 0.29) is 19.1 Å². The zero-order chi connectivity index (χ0) is 12.1. The van der Waals surface area contributed by atoms with Crippen molar-refractivity contribution in [2.75, 3.05) is 33.0 Å². The van der Waals surface area contributed by atoms with Gasteiger partial charge < -0.3 is 20.5 Å². The SMILES string of the molecule is COc1c(N)cccc1C(=O)N(C)CCO. The van der Waals surface area contributed by atoms with E-state index in [1.165, 1.54) is 12.0 Å². The Morgan fingerprint density at radius 3 is 2.81 bits per heavy atom. The molecule has 5 heteroatoms. The molecule has 0 aliphatic rings. The van der Waals surface area contributed by atoms with E-state index < -0.39 is 0 Å². The predicted molar refractivity (Wildman–Crippen MR) is 61.5 cm³/mol. The van der Waals surface area contributed by atoms with Gasteiger partial charge in [0.25, 0.3) is 5.91 Å². The molecule has 0 unspecified atom stereocenters. The Morgan fingerprint density at radius 1 is 1.56 bits per heavy atom. The van der Waals surface area contributed by atoms with Crippen molar-refractivity contribution in [3.63, 3.8) is 0 Å². The van der Waals surface area contributed by atoms with Crippen molar-refractivity contribution in [2.45, 2.75) is 0 Å². The number of benzene rings is 1. The lowest BCUT2D eigenvalue weighted by Gasteiger charge is -2.18. The summed E-state index contributed by atoms with van der Waals surface area (Å²) in [5, 5.41) is 8.76. The van der Waals surface area contributed by atoms with E-state index in [1.807, 2.05) is 0 Å². The van der Waals surface area contributed by atoms with Crippen molar-refractivity contribution in [3.05, 3.63) is 23.8 Å². The Kier molecular flexibility index (Phi) is 4.13. The molecule has 0 aliphatic carbocycles. The fourth-order valence-electron chi connectivity index (χ4n) is 1.41. The van der Waals surface area contributed by atoms with Crippen LogP contribution in [0.25, 0.3) is 0 Å². The van der Waals surface area contributed by atoms with Crippen molar-refractivity contribution < 1.29 is 14.6 Å². The van der Waals surface area contributed by atoms with Crippen LogP contribution in [0.15, 0.2) is 18.2 Å². The molecular formula is C11H16N2O3. The Labute approximate surface area is 94.4 Å². The van der Waals surface area contributed by atoms with Gasteiger partial charge in [-0.05, 0) is 12.1 Å². The van der Waals surface area contributed by atoms with E-state index in [4.69, 9.17) is 15.6 Å². The molecule has 1 amide bonds. The van der Waals surface area contributed by atoms with E-state index in [1.54, 1.807) is 25.2 Å². The first kappa shape index (κ1) is 12.3. The first-order valence-electron chi connectivity index (χ1n) is 4.90. The quantitative estimate of drug-likeness (QED) is 0.723. The Bertz CT molecular complexity index is 379. The topological polar surface area (TPSA) is 75.8 Å². The number of nitrogens with zero attached hydrogens (tertiary/aromatic N) is 1. The molecular weight excluding hydrogens is 208 g/mol. The van der Waals surface area contributed by atoms with Gasteiger partial charge in [-0.25, -0.2) is 0 Å². The number of aliphatic hydroxyl groups excluding tert-OH is 1. The minimum absolute atomic E-state index is 0.0765. The summed E-state index contributed by atoms with van der Waals surface area (Å²) in [5.41, 5.74) is 6.52. The summed E-state index contributed by atoms with van der Waals surface area (Å²) in [6, 6.07) is 5.00. The molecule has 0 atom stereocenters. The molecule has 0 aromatic heterocycles. The number of ether oxygens (including phenoxy) is 1. The molecule has 0 spiro atoms. The summed E-state index contributed by atoms with van der Waals surface area (Å²) >= 11 is 0. The second-order valence-electron chi connectivity index (χ2n) is 3.38. The van der Waals surface area contributed by atoms with E-state index in [2.05, 4.69) is 0 Å². The summed E-state index contributed by atoms with van der Waals surface area (Å²) in [5.74, 6) is 0.149. The second kappa shape index (κ2) is 5.37. The number of likely N-dealkylation sites (N-methyl/N-ethyl adjacent to an activating group) is 1. The monoisotopic (exact) mass is 224 g/mol. The number of rotatable bonds is 4. The number of hydrogen-bond acceptors (Lipinski definition) is 4. The van der Waals surface area contributed by atoms with E-state index >= 15 is 0 Å². The Hall–Kier alpha value is -1.75. The lowest BCUT2D eigenvalue weighted by atomic mass is 10.1. The van der Waals surface area contributed by atoms with Crippen LogP contribution >= 0.6 is 0 Å². The maximum Gasteiger partial charge on any atom is 0.257 e. The summed E-state index contributed by atoms with van der Waals surface area (Å²) in [6.45, 7) is 0.198. The maximum atomic E-state index is 11.9. The molecule has 1 rings (SSSR count). The average molecular weight is 224 g/mol. The van der Waals surface area contributed by atoms with Crippen LogP contribution in [0, 0.1) is 0 Å². The lowest BCUT2D eigenvalue weighted by Crippen LogP contribution is -2.29. The number of nitrogens with two attached hydrogens (primary N) is 1. The molecule has 0 aliphatic heterocycles. The standard InChI is InChI=1S/C11H16N2O3/c1-13(6-7-14)11(15)8-4-3-5-9(12)10(8)16-2/h3-5,14H,6-7,12H2,1-2H3. The van der Waals surface area contributed by atoms with E-state index in [9.17, 15) is 4.79 Å². The molecule has 0 fully saturated rings. The van der Waals surface area contributed by atoms with Crippen LogP contribution in [0.4, 0.5) is 5.69 Å². The number of methoxy groups -OCH3 is 1. The predicted octanol–water partition coefficient (Wildman–Crippen LogP) is 0.342. The molecule has 88 valence electrons. The van der Waals surface area contributed by atoms with Crippen LogP contribution in [-0.2, 0) is 0 Å². The third-order valence-electron chi connectivity index (χ3n) is 2.26. The van der Waals surface area contributed by atoms with Gasteiger partial charge in [0.2, 0.25) is 0 Å². The minimum Gasteiger partial charge on any atom is -0.494 e. The van der Waals surface area contributed by atoms with Gasteiger partial charge in [0.1, 0.15) is 0 Å². The number of amides is 1. The number of nitrogen functional groups attached to an aromatic ring is 1. The van der Waals surface area contributed by atoms with Crippen LogP contribution in [0.5, 0.6) is 5.75 Å². The van der Waals surface area contributed by atoms with Gasteiger partial charge in [-0.15, -0.1) is 0 Å². The van der Waals surface area contributed by atoms with E-state index in [0.717, 1.165) is 0 Å². The summed E-state index contributed by atoms with van der Waals surface area (Å²) in [7, 11) is 3.08. The summed E-state index contributed by atoms with van der Waals surface area (Å²) < 4.78 is 5.09. The third kappa shape index (κ3) is 2.43. The lowest BCUT2D eigenvalue weighted by molar-refractivity contribution is 0.0763. The zero-order valence-corrected chi connectivity index (χ0v) is 9.43. The van der Waals surface area contributed by atoms with Gasteiger partial charge in [-0.1, -0.05) is 6.07 Å². The first-order chi connectivity index (χ1) is 7.61. The van der Waals surface area contributed by atoms with Crippen LogP contribution in [-0.4, -0.2) is 43.2 Å². The van der Waals surface area contributed by atoms with Gasteiger partial charge >= 0.3 is 0 Å². The second-order valence-corrected chi connectivity index (χ2v) is 3.38. The highest BCUT2D eigenvalue weighted by atomic mass is 16.5. The van der Waals surface area contributed by atoms with Crippen molar-refractivity contribution in [1.29, 1.82) is 0 Å². The molecule has 0 saturated heterocycles. The van der Waals surface area contributed by atoms with Crippen molar-refractivity contribution in [2.24, 2.45) is 0 Å². The maximum absolute atomic E-state index is 11.9. The fourth-order valence-corrected chi connectivity index (χ4v) is 1.41. The molecule has 0 saturated carbocycles. The summed E-state index contributed by atoms with van der Waals surface area (Å²) in [6.07, 6.45) is 0. The molecule has 16 heavy (non-hydrogen) atoms. The van der Waals surface area contributed by atoms with E-state index in [0.29, 0.717) is 17.0 Å². The number of carbonyl (C=O) groups excluding carboxylic acids is 1. The van der Waals surface area contributed by atoms with Gasteiger partial charge in [0.05, 0.1) is 25.0 Å². The largest absolute Gasteiger partial charge is 0.494 e. The third-order valence-corrected chi connectivity index (χ3v) is 2.26. The molecule has 1 aromatic rings. The number of carbonyl (C=O) groups is 1. The minimum atomic E-state index is -0.224. The van der Waals surface area contributed by atoms with Gasteiger partial charge in [0.15, 0.2) is 5.75 Å². The molecule has 3 N–H and O–H groups in total. The number of anilines is 1. The molecule has 0 bridgehead atoms. The highest BCUT2D eigenvalue weighted by molar-refractivity contribution is 5.98. The molecule has 1 aromatic carbocycles. The first-order valence-corrected chi connectivity index (χ1v) is 4.90.